The number of piperidine rings is 2. The molecule has 7 aliphatic rings. The average Bonchev–Trinajstić information content (AvgIpc) is 3.94. The van der Waals surface area contributed by atoms with Crippen molar-refractivity contribution >= 4 is 56.8 Å². The van der Waals surface area contributed by atoms with E-state index in [4.69, 9.17) is 26.1 Å². The van der Waals surface area contributed by atoms with E-state index in [-0.39, 0.29) is 42.0 Å². The molecule has 402 valence electrons. The van der Waals surface area contributed by atoms with Gasteiger partial charge in [0.1, 0.15) is 29.7 Å². The highest BCUT2D eigenvalue weighted by atomic mass is 19.1. The summed E-state index contributed by atoms with van der Waals surface area (Å²) < 4.78 is 23.9. The number of hydrogen-bond acceptors (Lipinski definition) is 14. The summed E-state index contributed by atoms with van der Waals surface area (Å²) in [6, 6.07) is 17.3. The van der Waals surface area contributed by atoms with E-state index < -0.39 is 29.6 Å². The van der Waals surface area contributed by atoms with E-state index >= 15 is 4.39 Å². The largest absolute Gasteiger partial charge is 0.462 e. The summed E-state index contributed by atoms with van der Waals surface area (Å²) in [6.07, 6.45) is 15.4. The number of halogens is 1. The van der Waals surface area contributed by atoms with Crippen molar-refractivity contribution in [3.8, 4) is 29.6 Å². The summed E-state index contributed by atoms with van der Waals surface area (Å²) in [4.78, 5) is 79.0. The van der Waals surface area contributed by atoms with Gasteiger partial charge in [-0.2, -0.15) is 9.97 Å². The lowest BCUT2D eigenvalue weighted by Crippen LogP contribution is -2.56. The molecule has 5 unspecified atom stereocenters. The van der Waals surface area contributed by atoms with Crippen LogP contribution >= 0.6 is 0 Å². The molecule has 4 amide bonds. The van der Waals surface area contributed by atoms with Crippen LogP contribution in [-0.4, -0.2) is 167 Å². The van der Waals surface area contributed by atoms with Gasteiger partial charge in [-0.15, -0.1) is 6.42 Å². The van der Waals surface area contributed by atoms with Crippen LogP contribution in [0.2, 0.25) is 0 Å². The second-order valence-electron chi connectivity index (χ2n) is 23.2. The summed E-state index contributed by atoms with van der Waals surface area (Å²) in [5.74, 6) is 2.83. The molecule has 77 heavy (non-hydrogen) atoms. The van der Waals surface area contributed by atoms with Crippen LogP contribution in [-0.2, 0) is 9.59 Å². The van der Waals surface area contributed by atoms with Gasteiger partial charge in [0.2, 0.25) is 11.8 Å². The molecular formula is C60H70FN11O5. The second kappa shape index (κ2) is 21.3. The highest BCUT2D eigenvalue weighted by molar-refractivity contribution is 6.23. The molecule has 0 radical (unpaired) electrons. The molecule has 5 aromatic rings. The summed E-state index contributed by atoms with van der Waals surface area (Å²) in [7, 11) is 2.21. The Balaban J connectivity index is 0.649. The molecule has 0 saturated carbocycles. The van der Waals surface area contributed by atoms with Crippen molar-refractivity contribution in [3.05, 3.63) is 83.3 Å². The number of benzene rings is 3. The van der Waals surface area contributed by atoms with Gasteiger partial charge in [0, 0.05) is 118 Å². The molecule has 7 aliphatic heterocycles. The molecule has 17 heteroatoms. The fourth-order valence-electron chi connectivity index (χ4n) is 13.7. The van der Waals surface area contributed by atoms with Gasteiger partial charge in [-0.25, -0.2) is 4.39 Å². The third-order valence-electron chi connectivity index (χ3n) is 18.5. The van der Waals surface area contributed by atoms with E-state index in [1.165, 1.54) is 0 Å². The molecule has 0 aliphatic carbocycles. The van der Waals surface area contributed by atoms with Crippen LogP contribution in [0, 0.1) is 35.9 Å². The first-order valence-electron chi connectivity index (χ1n) is 28.1. The maximum absolute atomic E-state index is 17.3. The van der Waals surface area contributed by atoms with Crippen molar-refractivity contribution in [2.45, 2.75) is 102 Å². The van der Waals surface area contributed by atoms with E-state index in [0.29, 0.717) is 75.9 Å². The number of ether oxygens (including phenoxy) is 1. The average molecular weight is 1040 g/mol. The fourth-order valence-corrected chi connectivity index (χ4v) is 13.7. The zero-order valence-corrected chi connectivity index (χ0v) is 44.6. The number of terminal acetylenes is 1. The van der Waals surface area contributed by atoms with Gasteiger partial charge in [0.15, 0.2) is 5.82 Å². The molecule has 9 heterocycles. The molecule has 2 N–H and O–H groups in total. The first-order chi connectivity index (χ1) is 37.4. The number of hydrogen-bond donors (Lipinski definition) is 2. The van der Waals surface area contributed by atoms with Crippen LogP contribution in [0.15, 0.2) is 60.8 Å². The molecule has 16 nitrogen and oxygen atoms in total. The monoisotopic (exact) mass is 1040 g/mol. The third kappa shape index (κ3) is 10.0. The Morgan fingerprint density at radius 1 is 0.792 bits per heavy atom. The number of aromatic nitrogens is 3. The van der Waals surface area contributed by atoms with Gasteiger partial charge in [-0.3, -0.25) is 44.2 Å². The molecule has 2 aromatic heterocycles. The molecular weight excluding hydrogens is 974 g/mol. The minimum atomic E-state index is -0.969. The number of carbonyl (C=O) groups is 4. The van der Waals surface area contributed by atoms with Gasteiger partial charge in [-0.05, 0) is 112 Å². The smallest absolute Gasteiger partial charge is 0.319 e. The summed E-state index contributed by atoms with van der Waals surface area (Å²) >= 11 is 0. The second-order valence-corrected chi connectivity index (χ2v) is 23.2. The fraction of sp³-hybridized carbons (Fsp3) is 0.517. The van der Waals surface area contributed by atoms with Crippen LogP contribution in [0.1, 0.15) is 97.9 Å². The van der Waals surface area contributed by atoms with Gasteiger partial charge < -0.3 is 24.8 Å². The van der Waals surface area contributed by atoms with Crippen LogP contribution in [0.3, 0.4) is 0 Å². The Morgan fingerprint density at radius 2 is 1.51 bits per heavy atom. The topological polar surface area (TPSA) is 160 Å². The van der Waals surface area contributed by atoms with Crippen molar-refractivity contribution in [1.82, 2.24) is 45.2 Å². The van der Waals surface area contributed by atoms with Gasteiger partial charge in [0.25, 0.3) is 11.8 Å². The Morgan fingerprint density at radius 3 is 2.25 bits per heavy atom. The number of carbonyl (C=O) groups excluding carboxylic acids is 4. The number of likely N-dealkylation sites (N-methyl/N-ethyl adjacent to an activating group) is 1. The highest BCUT2D eigenvalue weighted by Gasteiger charge is 2.45. The number of likely N-dealkylation sites (tertiary alicyclic amines) is 1. The number of imide groups is 2. The normalized spacial score (nSPS) is 26.8. The van der Waals surface area contributed by atoms with Crippen molar-refractivity contribution < 1.29 is 28.3 Å². The maximum atomic E-state index is 17.3. The zero-order chi connectivity index (χ0) is 53.1. The first kappa shape index (κ1) is 51.2. The number of anilines is 2. The first-order valence-corrected chi connectivity index (χ1v) is 28.1. The number of amides is 4. The Hall–Kier alpha value is -6.58. The van der Waals surface area contributed by atoms with E-state index in [2.05, 4.69) is 61.9 Å². The zero-order valence-electron chi connectivity index (χ0n) is 44.6. The van der Waals surface area contributed by atoms with Gasteiger partial charge in [-0.1, -0.05) is 50.1 Å². The quantitative estimate of drug-likeness (QED) is 0.105. The SMILES string of the molecule is C#Cc1cccc2cccc(-c3ncc4c(N5CC6CC(C)C(C)CC(C5)N6)nc(OC[C@H]5CC[C@@H](CN6CCN(CCC7CCN(c8ccc9c(c8)C(=O)N(C8CCC(=O)NC8=O)C9=O)CC7)CC6)N5C)nc4c3F)c12. The minimum absolute atomic E-state index is 0.0961. The third-order valence-corrected chi connectivity index (χ3v) is 18.5. The van der Waals surface area contributed by atoms with Crippen molar-refractivity contribution in [1.29, 1.82) is 0 Å². The lowest BCUT2D eigenvalue weighted by molar-refractivity contribution is -0.136. The maximum Gasteiger partial charge on any atom is 0.319 e. The summed E-state index contributed by atoms with van der Waals surface area (Å²) in [6.45, 7) is 14.6. The van der Waals surface area contributed by atoms with Crippen molar-refractivity contribution in [2.75, 3.05) is 88.9 Å². The number of rotatable bonds is 12. The van der Waals surface area contributed by atoms with Crippen LogP contribution in [0.5, 0.6) is 6.01 Å². The van der Waals surface area contributed by atoms with Crippen molar-refractivity contribution in [2.24, 2.45) is 17.8 Å². The van der Waals surface area contributed by atoms with Gasteiger partial charge >= 0.3 is 6.01 Å². The number of pyridine rings is 1. The Kier molecular flexibility index (Phi) is 14.2. The van der Waals surface area contributed by atoms with Crippen LogP contribution in [0.4, 0.5) is 15.9 Å². The molecule has 3 aromatic carbocycles. The molecule has 0 spiro atoms. The predicted molar refractivity (Wildman–Crippen MR) is 294 cm³/mol. The Labute approximate surface area is 450 Å². The molecule has 6 saturated heterocycles. The number of nitrogens with zero attached hydrogens (tertiary/aromatic N) is 9. The Bertz CT molecular complexity index is 3140. The van der Waals surface area contributed by atoms with E-state index in [0.717, 1.165) is 132 Å². The van der Waals surface area contributed by atoms with E-state index in [9.17, 15) is 19.2 Å². The molecule has 6 fully saturated rings. The minimum Gasteiger partial charge on any atom is -0.462 e. The standard InChI is InChI=1S/C60H70FN11O5/c1-5-39-8-6-9-40-10-7-11-47(52(39)40)54-53(61)55-49(31-62-54)56(71-32-41-28-36(2)37(3)29-42(33-71)63-41)66-60(65-55)77-35-45-13-12-44(67(45)4)34-69-26-24-68(25-27-69)21-18-38-19-22-70(23-20-38)43-14-15-46-48(30-43)59(76)72(58(46)75)50-16-17-51(73)64-57(50)74/h1,6-11,14-15,30-31,36-38,41-42,44-45,50,63H,12-13,16-29,32-35H2,2-4H3,(H,64,73,74)/t36?,37?,41?,42?,44-,45+,50?/m0/s1. The number of piperazine rings is 2. The lowest BCUT2D eigenvalue weighted by atomic mass is 9.89. The molecule has 2 bridgehead atoms. The van der Waals surface area contributed by atoms with E-state index in [1.807, 2.05) is 42.5 Å². The van der Waals surface area contributed by atoms with E-state index in [1.54, 1.807) is 18.3 Å². The van der Waals surface area contributed by atoms with Crippen LogP contribution in [0.25, 0.3) is 32.9 Å². The molecule has 12 rings (SSSR count). The van der Waals surface area contributed by atoms with Crippen molar-refractivity contribution in [3.63, 3.8) is 0 Å². The number of nitrogens with one attached hydrogen (secondary N) is 2. The summed E-state index contributed by atoms with van der Waals surface area (Å²) in [5.41, 5.74) is 3.26. The number of fused-ring (bicyclic) bond motifs is 5. The summed E-state index contributed by atoms with van der Waals surface area (Å²) in [5, 5.41) is 8.44. The van der Waals surface area contributed by atoms with Crippen LogP contribution < -0.4 is 25.2 Å². The molecule has 7 atom stereocenters. The highest BCUT2D eigenvalue weighted by Crippen LogP contribution is 2.39. The van der Waals surface area contributed by atoms with Gasteiger partial charge in [0.05, 0.1) is 16.5 Å². The predicted octanol–water partition coefficient (Wildman–Crippen LogP) is 6.35. The lowest BCUT2D eigenvalue weighted by Gasteiger charge is -2.39.